The van der Waals surface area contributed by atoms with Gasteiger partial charge in [-0.25, -0.2) is 0 Å². The average molecular weight is 399 g/mol. The highest BCUT2D eigenvalue weighted by atomic mass is 16.5. The third kappa shape index (κ3) is 3.18. The predicted octanol–water partition coefficient (Wildman–Crippen LogP) is 6.02. The summed E-state index contributed by atoms with van der Waals surface area (Å²) < 4.78 is 18.0. The molecule has 0 aromatic heterocycles. The Hall–Kier alpha value is -3.40. The fraction of sp³-hybridized carbons (Fsp3) is 0.231. The first kappa shape index (κ1) is 18.6. The Morgan fingerprint density at radius 1 is 0.967 bits per heavy atom. The van der Waals surface area contributed by atoms with E-state index in [9.17, 15) is 0 Å². The van der Waals surface area contributed by atoms with Gasteiger partial charge in [0.05, 0.1) is 12.6 Å². The minimum absolute atomic E-state index is 0.131. The number of para-hydroxylation sites is 1. The molecule has 30 heavy (non-hydrogen) atoms. The molecule has 0 spiro atoms. The van der Waals surface area contributed by atoms with E-state index in [0.29, 0.717) is 13.2 Å². The molecule has 0 amide bonds. The lowest BCUT2D eigenvalue weighted by Crippen LogP contribution is -2.31. The molecule has 0 saturated carbocycles. The molecule has 0 atom stereocenters. The molecular formula is C26H25NO3. The quantitative estimate of drug-likeness (QED) is 0.570. The molecule has 2 aliphatic heterocycles. The van der Waals surface area contributed by atoms with Crippen LogP contribution in [0, 0.1) is 0 Å². The largest absolute Gasteiger partial charge is 0.492 e. The zero-order valence-corrected chi connectivity index (χ0v) is 17.5. The van der Waals surface area contributed by atoms with E-state index in [1.165, 1.54) is 5.56 Å². The van der Waals surface area contributed by atoms with Crippen LogP contribution in [0.5, 0.6) is 11.5 Å². The number of hydrogen-bond donors (Lipinski definition) is 1. The molecule has 4 nitrogen and oxygen atoms in total. The molecule has 2 heterocycles. The van der Waals surface area contributed by atoms with Crippen LogP contribution < -0.4 is 14.8 Å². The topological polar surface area (TPSA) is 39.7 Å². The van der Waals surface area contributed by atoms with E-state index < -0.39 is 0 Å². The maximum atomic E-state index is 6.12. The van der Waals surface area contributed by atoms with Gasteiger partial charge in [-0.3, -0.25) is 0 Å². The van der Waals surface area contributed by atoms with Crippen molar-refractivity contribution < 1.29 is 14.2 Å². The van der Waals surface area contributed by atoms with Crippen molar-refractivity contribution in [3.05, 3.63) is 83.4 Å². The molecule has 0 aliphatic carbocycles. The van der Waals surface area contributed by atoms with Gasteiger partial charge in [0, 0.05) is 22.4 Å². The molecule has 0 fully saturated rings. The maximum absolute atomic E-state index is 6.12. The maximum Gasteiger partial charge on any atom is 0.168 e. The van der Waals surface area contributed by atoms with Gasteiger partial charge in [-0.2, -0.15) is 0 Å². The first-order valence-corrected chi connectivity index (χ1v) is 10.2. The lowest BCUT2D eigenvalue weighted by Gasteiger charge is -2.30. The number of rotatable bonds is 5. The lowest BCUT2D eigenvalue weighted by molar-refractivity contribution is 0.282. The highest BCUT2D eigenvalue weighted by molar-refractivity contribution is 5.89. The van der Waals surface area contributed by atoms with Crippen molar-refractivity contribution >= 4 is 11.4 Å². The van der Waals surface area contributed by atoms with Crippen molar-refractivity contribution in [2.75, 3.05) is 12.4 Å². The number of anilines is 1. The van der Waals surface area contributed by atoms with E-state index in [1.54, 1.807) is 7.11 Å². The van der Waals surface area contributed by atoms with Gasteiger partial charge in [-0.1, -0.05) is 48.5 Å². The zero-order chi connectivity index (χ0) is 20.7. The Morgan fingerprint density at radius 3 is 2.60 bits per heavy atom. The van der Waals surface area contributed by atoms with Gasteiger partial charge in [0.1, 0.15) is 19.0 Å². The van der Waals surface area contributed by atoms with Crippen LogP contribution >= 0.6 is 0 Å². The van der Waals surface area contributed by atoms with Crippen LogP contribution in [0.2, 0.25) is 0 Å². The first-order chi connectivity index (χ1) is 14.6. The standard InChI is InChI=1S/C26H25NO3/c1-26(2)14-23-24-20(16-30-23)18(12-13-21(24)27-26)19-10-7-11-22(25(19)28-3)29-15-17-8-5-4-6-9-17/h4-14,27H,15-16H2,1-3H3. The molecule has 0 saturated heterocycles. The molecular weight excluding hydrogens is 374 g/mol. The summed E-state index contributed by atoms with van der Waals surface area (Å²) in [6, 6.07) is 20.5. The molecule has 0 radical (unpaired) electrons. The van der Waals surface area contributed by atoms with E-state index in [2.05, 4.69) is 55.6 Å². The van der Waals surface area contributed by atoms with Crippen LogP contribution in [0.1, 0.15) is 30.5 Å². The second kappa shape index (κ2) is 7.13. The third-order valence-corrected chi connectivity index (χ3v) is 5.59. The van der Waals surface area contributed by atoms with E-state index in [-0.39, 0.29) is 5.54 Å². The summed E-state index contributed by atoms with van der Waals surface area (Å²) in [5, 5.41) is 3.59. The molecule has 0 unspecified atom stereocenters. The smallest absolute Gasteiger partial charge is 0.168 e. The molecule has 0 bridgehead atoms. The van der Waals surface area contributed by atoms with Gasteiger partial charge in [0.15, 0.2) is 11.5 Å². The van der Waals surface area contributed by atoms with Crippen LogP contribution in [-0.4, -0.2) is 12.6 Å². The van der Waals surface area contributed by atoms with Gasteiger partial charge >= 0.3 is 0 Å². The Kier molecular flexibility index (Phi) is 4.43. The fourth-order valence-corrected chi connectivity index (χ4v) is 4.27. The second-order valence-corrected chi connectivity index (χ2v) is 8.27. The normalized spacial score (nSPS) is 15.5. The van der Waals surface area contributed by atoms with Gasteiger partial charge in [0.2, 0.25) is 0 Å². The first-order valence-electron chi connectivity index (χ1n) is 10.2. The Balaban J connectivity index is 1.54. The monoisotopic (exact) mass is 399 g/mol. The molecule has 152 valence electrons. The van der Waals surface area contributed by atoms with Crippen molar-refractivity contribution in [2.45, 2.75) is 32.6 Å². The summed E-state index contributed by atoms with van der Waals surface area (Å²) in [6.07, 6.45) is 2.16. The van der Waals surface area contributed by atoms with Crippen LogP contribution in [0.4, 0.5) is 5.69 Å². The molecule has 4 heteroatoms. The summed E-state index contributed by atoms with van der Waals surface area (Å²) in [7, 11) is 1.69. The summed E-state index contributed by atoms with van der Waals surface area (Å²) >= 11 is 0. The number of nitrogens with one attached hydrogen (secondary N) is 1. The Morgan fingerprint density at radius 2 is 1.80 bits per heavy atom. The van der Waals surface area contributed by atoms with Crippen LogP contribution in [0.15, 0.2) is 66.7 Å². The number of methoxy groups -OCH3 is 1. The average Bonchev–Trinajstić information content (AvgIpc) is 3.16. The predicted molar refractivity (Wildman–Crippen MR) is 120 cm³/mol. The molecule has 1 N–H and O–H groups in total. The lowest BCUT2D eigenvalue weighted by atomic mass is 9.89. The SMILES string of the molecule is COc1c(OCc2ccccc2)cccc1-c1ccc2c3c1COC3=CC(C)(C)N2. The summed E-state index contributed by atoms with van der Waals surface area (Å²) in [5.74, 6) is 2.44. The minimum atomic E-state index is -0.131. The van der Waals surface area contributed by atoms with Gasteiger partial charge in [-0.15, -0.1) is 0 Å². The van der Waals surface area contributed by atoms with Crippen molar-refractivity contribution in [3.63, 3.8) is 0 Å². The van der Waals surface area contributed by atoms with E-state index >= 15 is 0 Å². The van der Waals surface area contributed by atoms with Crippen molar-refractivity contribution in [3.8, 4) is 22.6 Å². The van der Waals surface area contributed by atoms with E-state index in [1.807, 2.05) is 30.3 Å². The van der Waals surface area contributed by atoms with E-state index in [0.717, 1.165) is 45.2 Å². The molecule has 3 aromatic rings. The molecule has 5 rings (SSSR count). The number of benzene rings is 3. The molecule has 2 aliphatic rings. The third-order valence-electron chi connectivity index (χ3n) is 5.59. The van der Waals surface area contributed by atoms with Crippen LogP contribution in [0.3, 0.4) is 0 Å². The van der Waals surface area contributed by atoms with Gasteiger partial charge in [-0.05, 0) is 43.2 Å². The second-order valence-electron chi connectivity index (χ2n) is 8.27. The number of ether oxygens (including phenoxy) is 3. The van der Waals surface area contributed by atoms with Crippen molar-refractivity contribution in [1.29, 1.82) is 0 Å². The fourth-order valence-electron chi connectivity index (χ4n) is 4.27. The van der Waals surface area contributed by atoms with Crippen molar-refractivity contribution in [1.82, 2.24) is 0 Å². The highest BCUT2D eigenvalue weighted by Crippen LogP contribution is 2.48. The van der Waals surface area contributed by atoms with Crippen LogP contribution in [-0.2, 0) is 18.0 Å². The van der Waals surface area contributed by atoms with E-state index in [4.69, 9.17) is 14.2 Å². The minimum Gasteiger partial charge on any atom is -0.492 e. The molecule has 3 aromatic carbocycles. The Labute approximate surface area is 177 Å². The van der Waals surface area contributed by atoms with Gasteiger partial charge < -0.3 is 19.5 Å². The zero-order valence-electron chi connectivity index (χ0n) is 17.5. The number of hydrogen-bond acceptors (Lipinski definition) is 4. The Bertz CT molecular complexity index is 1130. The summed E-state index contributed by atoms with van der Waals surface area (Å²) in [6.45, 7) is 5.34. The summed E-state index contributed by atoms with van der Waals surface area (Å²) in [5.41, 5.74) is 6.56. The highest BCUT2D eigenvalue weighted by Gasteiger charge is 2.33. The van der Waals surface area contributed by atoms with Gasteiger partial charge in [0.25, 0.3) is 0 Å². The summed E-state index contributed by atoms with van der Waals surface area (Å²) in [4.78, 5) is 0. The van der Waals surface area contributed by atoms with Crippen molar-refractivity contribution in [2.24, 2.45) is 0 Å². The van der Waals surface area contributed by atoms with Crippen LogP contribution in [0.25, 0.3) is 16.9 Å².